The molecule has 6 heteroatoms. The second-order valence-electron chi connectivity index (χ2n) is 4.84. The van der Waals surface area contributed by atoms with Crippen LogP contribution in [0.5, 0.6) is 0 Å². The minimum atomic E-state index is -0.850. The highest BCUT2D eigenvalue weighted by molar-refractivity contribution is 5.75. The number of nitrogens with zero attached hydrogens (tertiary/aromatic N) is 1. The summed E-state index contributed by atoms with van der Waals surface area (Å²) in [7, 11) is 0. The molecular weight excluding hydrogens is 256 g/mol. The molecular formula is C14H28N4O2. The molecule has 20 heavy (non-hydrogen) atoms. The lowest BCUT2D eigenvalue weighted by molar-refractivity contribution is -0.139. The average Bonchev–Trinajstić information content (AvgIpc) is 2.39. The van der Waals surface area contributed by atoms with Gasteiger partial charge in [-0.1, -0.05) is 32.3 Å². The van der Waals surface area contributed by atoms with Gasteiger partial charge in [0.25, 0.3) is 0 Å². The molecule has 0 aliphatic carbocycles. The van der Waals surface area contributed by atoms with Crippen molar-refractivity contribution in [3.05, 3.63) is 12.7 Å². The lowest BCUT2D eigenvalue weighted by atomic mass is 10.1. The van der Waals surface area contributed by atoms with Crippen LogP contribution in [0.1, 0.15) is 45.4 Å². The lowest BCUT2D eigenvalue weighted by Gasteiger charge is -2.20. The molecule has 2 atom stereocenters. The third kappa shape index (κ3) is 9.38. The number of unbranched alkanes of at least 4 members (excludes halogenated alkanes) is 2. The van der Waals surface area contributed by atoms with Crippen LogP contribution in [0.25, 0.3) is 0 Å². The van der Waals surface area contributed by atoms with Crippen LogP contribution in [0.3, 0.4) is 0 Å². The molecule has 0 saturated heterocycles. The molecule has 0 aromatic heterocycles. The quantitative estimate of drug-likeness (QED) is 0.186. The fourth-order valence-corrected chi connectivity index (χ4v) is 1.92. The summed E-state index contributed by atoms with van der Waals surface area (Å²) in [5.41, 5.74) is 10.4. The number of rotatable bonds is 12. The molecule has 0 saturated carbocycles. The largest absolute Gasteiger partial charge is 0.480 e. The Balaban J connectivity index is 4.19. The second-order valence-corrected chi connectivity index (χ2v) is 4.84. The molecule has 0 amide bonds. The zero-order chi connectivity index (χ0) is 15.4. The number of carbonyl (C=O) groups is 1. The van der Waals surface area contributed by atoms with Crippen molar-refractivity contribution in [2.75, 3.05) is 6.54 Å². The molecule has 0 radical (unpaired) electrons. The Hall–Kier alpha value is -1.56. The zero-order valence-corrected chi connectivity index (χ0v) is 12.3. The maximum absolute atomic E-state index is 11.2. The van der Waals surface area contributed by atoms with Crippen molar-refractivity contribution in [3.63, 3.8) is 0 Å². The summed E-state index contributed by atoms with van der Waals surface area (Å²) in [6, 6.07) is -0.556. The molecule has 116 valence electrons. The minimum absolute atomic E-state index is 0.0331. The van der Waals surface area contributed by atoms with Gasteiger partial charge in [-0.2, -0.15) is 0 Å². The highest BCUT2D eigenvalue weighted by atomic mass is 16.4. The Morgan fingerprint density at radius 1 is 1.35 bits per heavy atom. The van der Waals surface area contributed by atoms with Crippen molar-refractivity contribution in [1.29, 1.82) is 0 Å². The fourth-order valence-electron chi connectivity index (χ4n) is 1.92. The Morgan fingerprint density at radius 3 is 2.55 bits per heavy atom. The normalized spacial score (nSPS) is 13.4. The van der Waals surface area contributed by atoms with Gasteiger partial charge in [0.15, 0.2) is 5.96 Å². The average molecular weight is 284 g/mol. The van der Waals surface area contributed by atoms with Crippen molar-refractivity contribution in [2.24, 2.45) is 16.5 Å². The lowest BCUT2D eigenvalue weighted by Crippen LogP contribution is -2.42. The Kier molecular flexibility index (Phi) is 10.4. The number of aliphatic carboxylic acids is 1. The van der Waals surface area contributed by atoms with Crippen molar-refractivity contribution in [1.82, 2.24) is 5.32 Å². The van der Waals surface area contributed by atoms with Crippen LogP contribution < -0.4 is 16.8 Å². The number of nitrogens with one attached hydrogen (secondary N) is 1. The van der Waals surface area contributed by atoms with E-state index in [4.69, 9.17) is 11.5 Å². The number of hydrogen-bond acceptors (Lipinski definition) is 3. The van der Waals surface area contributed by atoms with E-state index < -0.39 is 12.0 Å². The number of nitrogens with two attached hydrogens (primary N) is 2. The summed E-state index contributed by atoms with van der Waals surface area (Å²) in [6.07, 6.45) is 7.17. The molecule has 0 aliphatic rings. The molecule has 6 N–H and O–H groups in total. The van der Waals surface area contributed by atoms with E-state index >= 15 is 0 Å². The molecule has 0 aliphatic heterocycles. The van der Waals surface area contributed by atoms with Gasteiger partial charge >= 0.3 is 5.97 Å². The van der Waals surface area contributed by atoms with Crippen LogP contribution in [-0.4, -0.2) is 35.7 Å². The van der Waals surface area contributed by atoms with E-state index in [1.54, 1.807) is 6.08 Å². The number of hydrogen-bond donors (Lipinski definition) is 4. The summed E-state index contributed by atoms with van der Waals surface area (Å²) < 4.78 is 0. The third-order valence-corrected chi connectivity index (χ3v) is 3.06. The molecule has 0 heterocycles. The highest BCUT2D eigenvalue weighted by Gasteiger charge is 2.19. The first-order valence-electron chi connectivity index (χ1n) is 7.18. The van der Waals surface area contributed by atoms with E-state index in [9.17, 15) is 9.90 Å². The van der Waals surface area contributed by atoms with E-state index in [1.165, 1.54) is 0 Å². The third-order valence-electron chi connectivity index (χ3n) is 3.06. The summed E-state index contributed by atoms with van der Waals surface area (Å²) in [4.78, 5) is 15.1. The van der Waals surface area contributed by atoms with E-state index in [2.05, 4.69) is 23.8 Å². The summed E-state index contributed by atoms with van der Waals surface area (Å²) >= 11 is 0. The van der Waals surface area contributed by atoms with Crippen LogP contribution in [0.2, 0.25) is 0 Å². The second kappa shape index (κ2) is 11.3. The standard InChI is InChI=1S/C14H28N4O2/c1-3-5-6-8-11(4-2)18-12(13(19)20)9-7-10-17-14(15)16/h4,11-12,18H,2-3,5-10H2,1H3,(H,19,20)(H4,15,16,17). The SMILES string of the molecule is C=CC(CCCCC)NC(CCCN=C(N)N)C(=O)O. The molecule has 2 unspecified atom stereocenters. The highest BCUT2D eigenvalue weighted by Crippen LogP contribution is 2.07. The minimum Gasteiger partial charge on any atom is -0.480 e. The van der Waals surface area contributed by atoms with Gasteiger partial charge in [-0.15, -0.1) is 6.58 Å². The predicted octanol–water partition coefficient (Wildman–Crippen LogP) is 1.22. The molecule has 0 spiro atoms. The van der Waals surface area contributed by atoms with Gasteiger partial charge < -0.3 is 16.6 Å². The van der Waals surface area contributed by atoms with Crippen LogP contribution >= 0.6 is 0 Å². The van der Waals surface area contributed by atoms with Crippen molar-refractivity contribution >= 4 is 11.9 Å². The Morgan fingerprint density at radius 2 is 2.05 bits per heavy atom. The molecule has 0 fully saturated rings. The smallest absolute Gasteiger partial charge is 0.320 e. The summed E-state index contributed by atoms with van der Waals surface area (Å²) in [5.74, 6) is -0.814. The van der Waals surface area contributed by atoms with E-state index in [-0.39, 0.29) is 12.0 Å². The van der Waals surface area contributed by atoms with Crippen LogP contribution in [0, 0.1) is 0 Å². The first kappa shape index (κ1) is 18.4. The Bertz CT molecular complexity index is 314. The van der Waals surface area contributed by atoms with Gasteiger partial charge in [0.2, 0.25) is 0 Å². The number of guanidine groups is 1. The summed E-state index contributed by atoms with van der Waals surface area (Å²) in [5, 5.41) is 12.3. The maximum Gasteiger partial charge on any atom is 0.320 e. The zero-order valence-electron chi connectivity index (χ0n) is 12.3. The topological polar surface area (TPSA) is 114 Å². The first-order valence-corrected chi connectivity index (χ1v) is 7.18. The van der Waals surface area contributed by atoms with Crippen molar-refractivity contribution in [3.8, 4) is 0 Å². The van der Waals surface area contributed by atoms with Gasteiger partial charge in [0.1, 0.15) is 6.04 Å². The van der Waals surface area contributed by atoms with Gasteiger partial charge in [-0.05, 0) is 19.3 Å². The van der Waals surface area contributed by atoms with Crippen molar-refractivity contribution < 1.29 is 9.90 Å². The van der Waals surface area contributed by atoms with Crippen LogP contribution in [-0.2, 0) is 4.79 Å². The molecule has 0 rings (SSSR count). The summed E-state index contributed by atoms with van der Waals surface area (Å²) in [6.45, 7) is 6.35. The first-order chi connectivity index (χ1) is 9.51. The van der Waals surface area contributed by atoms with Gasteiger partial charge in [0.05, 0.1) is 0 Å². The van der Waals surface area contributed by atoms with E-state index in [1.807, 2.05) is 0 Å². The molecule has 0 aromatic rings. The number of carboxylic acid groups (broad SMARTS) is 1. The number of carboxylic acids is 1. The van der Waals surface area contributed by atoms with Gasteiger partial charge in [-0.25, -0.2) is 0 Å². The van der Waals surface area contributed by atoms with E-state index in [0.717, 1.165) is 25.7 Å². The van der Waals surface area contributed by atoms with Gasteiger partial charge in [0, 0.05) is 12.6 Å². The number of aliphatic imine (C=N–C) groups is 1. The monoisotopic (exact) mass is 284 g/mol. The van der Waals surface area contributed by atoms with Crippen LogP contribution in [0.4, 0.5) is 0 Å². The van der Waals surface area contributed by atoms with E-state index in [0.29, 0.717) is 19.4 Å². The molecule has 6 nitrogen and oxygen atoms in total. The predicted molar refractivity (Wildman–Crippen MR) is 82.6 cm³/mol. The molecule has 0 bridgehead atoms. The van der Waals surface area contributed by atoms with Gasteiger partial charge in [-0.3, -0.25) is 15.1 Å². The maximum atomic E-state index is 11.2. The fraction of sp³-hybridized carbons (Fsp3) is 0.714. The Labute approximate surface area is 121 Å². The molecule has 0 aromatic carbocycles. The van der Waals surface area contributed by atoms with Crippen LogP contribution in [0.15, 0.2) is 17.6 Å². The van der Waals surface area contributed by atoms with Crippen molar-refractivity contribution in [2.45, 2.75) is 57.5 Å².